The molecule has 1 aromatic rings. The van der Waals surface area contributed by atoms with Crippen molar-refractivity contribution in [2.24, 2.45) is 5.92 Å². The summed E-state index contributed by atoms with van der Waals surface area (Å²) in [4.78, 5) is 4.07. The fourth-order valence-electron chi connectivity index (χ4n) is 3.75. The molecular weight excluding hydrogens is 234 g/mol. The molecule has 3 atom stereocenters. The molecule has 1 saturated carbocycles. The van der Waals surface area contributed by atoms with Crippen LogP contribution in [-0.2, 0) is 6.42 Å². The van der Waals surface area contributed by atoms with E-state index in [0.717, 1.165) is 31.0 Å². The molecule has 1 aromatic heterocycles. The normalized spacial score (nSPS) is 30.8. The zero-order valence-electron chi connectivity index (χ0n) is 11.6. The van der Waals surface area contributed by atoms with E-state index in [9.17, 15) is 0 Å². The van der Waals surface area contributed by atoms with Crippen molar-refractivity contribution >= 4 is 0 Å². The SMILES string of the molecule is c1cc(CCNC2CCCC2C2CCCN2)ccn1. The van der Waals surface area contributed by atoms with E-state index >= 15 is 0 Å². The molecule has 2 N–H and O–H groups in total. The van der Waals surface area contributed by atoms with Crippen LogP contribution in [0, 0.1) is 5.92 Å². The molecule has 2 heterocycles. The van der Waals surface area contributed by atoms with Gasteiger partial charge in [0.2, 0.25) is 0 Å². The molecule has 19 heavy (non-hydrogen) atoms. The van der Waals surface area contributed by atoms with Gasteiger partial charge in [0.25, 0.3) is 0 Å². The average Bonchev–Trinajstić information content (AvgIpc) is 3.10. The molecule has 1 saturated heterocycles. The lowest BCUT2D eigenvalue weighted by molar-refractivity contribution is 0.322. The summed E-state index contributed by atoms with van der Waals surface area (Å²) in [7, 11) is 0. The number of hydrogen-bond donors (Lipinski definition) is 2. The van der Waals surface area contributed by atoms with Gasteiger partial charge in [0.1, 0.15) is 0 Å². The summed E-state index contributed by atoms with van der Waals surface area (Å²) in [6.45, 7) is 2.32. The molecule has 0 spiro atoms. The molecule has 1 aliphatic heterocycles. The summed E-state index contributed by atoms with van der Waals surface area (Å²) < 4.78 is 0. The largest absolute Gasteiger partial charge is 0.314 e. The highest BCUT2D eigenvalue weighted by atomic mass is 15.0. The molecule has 0 aromatic carbocycles. The van der Waals surface area contributed by atoms with Crippen LogP contribution in [0.2, 0.25) is 0 Å². The maximum absolute atomic E-state index is 4.07. The minimum Gasteiger partial charge on any atom is -0.314 e. The van der Waals surface area contributed by atoms with Crippen LogP contribution in [0.5, 0.6) is 0 Å². The smallest absolute Gasteiger partial charge is 0.0270 e. The summed E-state index contributed by atoms with van der Waals surface area (Å²) in [5.41, 5.74) is 1.39. The summed E-state index contributed by atoms with van der Waals surface area (Å²) in [6, 6.07) is 5.75. The van der Waals surface area contributed by atoms with Crippen molar-refractivity contribution in [3.63, 3.8) is 0 Å². The van der Waals surface area contributed by atoms with Crippen LogP contribution < -0.4 is 10.6 Å². The first-order chi connectivity index (χ1) is 9.43. The van der Waals surface area contributed by atoms with E-state index in [2.05, 4.69) is 27.8 Å². The van der Waals surface area contributed by atoms with Crippen LogP contribution in [-0.4, -0.2) is 30.2 Å². The lowest BCUT2D eigenvalue weighted by Crippen LogP contribution is -2.42. The fourth-order valence-corrected chi connectivity index (χ4v) is 3.75. The van der Waals surface area contributed by atoms with E-state index in [-0.39, 0.29) is 0 Å². The van der Waals surface area contributed by atoms with Crippen LogP contribution in [0.1, 0.15) is 37.7 Å². The maximum Gasteiger partial charge on any atom is 0.0270 e. The van der Waals surface area contributed by atoms with Crippen molar-refractivity contribution in [1.82, 2.24) is 15.6 Å². The van der Waals surface area contributed by atoms with Gasteiger partial charge in [-0.2, -0.15) is 0 Å². The van der Waals surface area contributed by atoms with E-state index < -0.39 is 0 Å². The fraction of sp³-hybridized carbons (Fsp3) is 0.688. The minimum absolute atomic E-state index is 0.734. The Bertz CT molecular complexity index is 373. The van der Waals surface area contributed by atoms with Gasteiger partial charge in [-0.3, -0.25) is 4.98 Å². The maximum atomic E-state index is 4.07. The van der Waals surface area contributed by atoms with E-state index in [1.807, 2.05) is 12.4 Å². The Hall–Kier alpha value is -0.930. The Morgan fingerprint density at radius 1 is 1.16 bits per heavy atom. The Kier molecular flexibility index (Phi) is 4.46. The Balaban J connectivity index is 1.46. The lowest BCUT2D eigenvalue weighted by atomic mass is 9.93. The Morgan fingerprint density at radius 3 is 2.84 bits per heavy atom. The van der Waals surface area contributed by atoms with Gasteiger partial charge >= 0.3 is 0 Å². The van der Waals surface area contributed by atoms with Crippen molar-refractivity contribution in [2.45, 2.75) is 50.6 Å². The number of aromatic nitrogens is 1. The lowest BCUT2D eigenvalue weighted by Gasteiger charge is -2.26. The van der Waals surface area contributed by atoms with E-state index in [0.29, 0.717) is 0 Å². The molecule has 3 nitrogen and oxygen atoms in total. The Labute approximate surface area is 116 Å². The molecule has 2 aliphatic rings. The number of pyridine rings is 1. The molecule has 0 radical (unpaired) electrons. The monoisotopic (exact) mass is 259 g/mol. The number of nitrogens with zero attached hydrogens (tertiary/aromatic N) is 1. The Morgan fingerprint density at radius 2 is 2.05 bits per heavy atom. The highest BCUT2D eigenvalue weighted by Crippen LogP contribution is 2.31. The zero-order valence-corrected chi connectivity index (χ0v) is 11.6. The third kappa shape index (κ3) is 3.34. The number of hydrogen-bond acceptors (Lipinski definition) is 3. The number of rotatable bonds is 5. The predicted molar refractivity (Wildman–Crippen MR) is 78.1 cm³/mol. The van der Waals surface area contributed by atoms with E-state index in [1.165, 1.54) is 44.2 Å². The van der Waals surface area contributed by atoms with Crippen LogP contribution in [0.3, 0.4) is 0 Å². The van der Waals surface area contributed by atoms with Gasteiger partial charge in [-0.05, 0) is 68.8 Å². The van der Waals surface area contributed by atoms with Gasteiger partial charge in [0, 0.05) is 24.5 Å². The highest BCUT2D eigenvalue weighted by molar-refractivity contribution is 5.10. The number of nitrogens with one attached hydrogen (secondary N) is 2. The van der Waals surface area contributed by atoms with Crippen LogP contribution in [0.25, 0.3) is 0 Å². The molecule has 3 rings (SSSR count). The second kappa shape index (κ2) is 6.49. The summed E-state index contributed by atoms with van der Waals surface area (Å²) in [6.07, 6.45) is 11.8. The van der Waals surface area contributed by atoms with Crippen molar-refractivity contribution in [1.29, 1.82) is 0 Å². The van der Waals surface area contributed by atoms with Crippen molar-refractivity contribution in [3.8, 4) is 0 Å². The zero-order chi connectivity index (χ0) is 12.9. The molecule has 0 amide bonds. The van der Waals surface area contributed by atoms with Gasteiger partial charge in [-0.25, -0.2) is 0 Å². The van der Waals surface area contributed by atoms with Gasteiger partial charge in [0.15, 0.2) is 0 Å². The molecule has 3 heteroatoms. The summed E-state index contributed by atoms with van der Waals surface area (Å²) in [5, 5.41) is 7.49. The highest BCUT2D eigenvalue weighted by Gasteiger charge is 2.34. The second-order valence-electron chi connectivity index (χ2n) is 5.96. The molecular formula is C16H25N3. The average molecular weight is 259 g/mol. The van der Waals surface area contributed by atoms with Crippen LogP contribution >= 0.6 is 0 Å². The van der Waals surface area contributed by atoms with Gasteiger partial charge in [0.05, 0.1) is 0 Å². The first kappa shape index (κ1) is 13.1. The summed E-state index contributed by atoms with van der Waals surface area (Å²) >= 11 is 0. The molecule has 1 aliphatic carbocycles. The molecule has 3 unspecified atom stereocenters. The molecule has 2 fully saturated rings. The van der Waals surface area contributed by atoms with E-state index in [4.69, 9.17) is 0 Å². The summed E-state index contributed by atoms with van der Waals surface area (Å²) in [5.74, 6) is 0.861. The van der Waals surface area contributed by atoms with Crippen LogP contribution in [0.15, 0.2) is 24.5 Å². The van der Waals surface area contributed by atoms with Crippen molar-refractivity contribution in [3.05, 3.63) is 30.1 Å². The third-order valence-electron chi connectivity index (χ3n) is 4.75. The topological polar surface area (TPSA) is 37.0 Å². The second-order valence-corrected chi connectivity index (χ2v) is 5.96. The molecule has 104 valence electrons. The predicted octanol–water partition coefficient (Wildman–Crippen LogP) is 2.13. The van der Waals surface area contributed by atoms with Crippen LogP contribution in [0.4, 0.5) is 0 Å². The van der Waals surface area contributed by atoms with Gasteiger partial charge in [-0.15, -0.1) is 0 Å². The first-order valence-electron chi connectivity index (χ1n) is 7.79. The standard InChI is InChI=1S/C16H25N3/c1-3-14(16-5-2-9-18-16)15(4-1)19-12-8-13-6-10-17-11-7-13/h6-7,10-11,14-16,18-19H,1-5,8-9,12H2. The quantitative estimate of drug-likeness (QED) is 0.850. The van der Waals surface area contributed by atoms with E-state index in [1.54, 1.807) is 0 Å². The van der Waals surface area contributed by atoms with Gasteiger partial charge in [-0.1, -0.05) is 6.42 Å². The van der Waals surface area contributed by atoms with Crippen molar-refractivity contribution < 1.29 is 0 Å². The first-order valence-corrected chi connectivity index (χ1v) is 7.79. The van der Waals surface area contributed by atoms with Gasteiger partial charge < -0.3 is 10.6 Å². The van der Waals surface area contributed by atoms with Crippen molar-refractivity contribution in [2.75, 3.05) is 13.1 Å². The molecule has 0 bridgehead atoms. The minimum atomic E-state index is 0.734. The third-order valence-corrected chi connectivity index (χ3v) is 4.75.